The average Bonchev–Trinajstić information content (AvgIpc) is 2.38. The molecule has 0 spiro atoms. The molecule has 0 unspecified atom stereocenters. The molecule has 1 amide bonds. The summed E-state index contributed by atoms with van der Waals surface area (Å²) in [5.41, 5.74) is 1.38. The summed E-state index contributed by atoms with van der Waals surface area (Å²) in [6.07, 6.45) is 1.47. The molecule has 2 rings (SSSR count). The zero-order chi connectivity index (χ0) is 13.8. The summed E-state index contributed by atoms with van der Waals surface area (Å²) in [5, 5.41) is 2.84. The molecule has 0 aliphatic heterocycles. The standard InChI is InChI=1S/C13H12ClN3O2/c1-8-3-4-10(19-2)9(7-8)12(18)17-13-15-6-5-11(14)16-13/h3-7H,1-2H3,(H,15,16,17,18). The van der Waals surface area contributed by atoms with Crippen molar-refractivity contribution in [1.82, 2.24) is 9.97 Å². The van der Waals surface area contributed by atoms with Crippen molar-refractivity contribution < 1.29 is 9.53 Å². The van der Waals surface area contributed by atoms with Gasteiger partial charge in [-0.15, -0.1) is 0 Å². The van der Waals surface area contributed by atoms with Gasteiger partial charge in [0, 0.05) is 6.20 Å². The third-order valence-corrected chi connectivity index (χ3v) is 2.66. The van der Waals surface area contributed by atoms with Crippen LogP contribution in [0.15, 0.2) is 30.5 Å². The van der Waals surface area contributed by atoms with Crippen LogP contribution < -0.4 is 10.1 Å². The Morgan fingerprint density at radius 2 is 2.16 bits per heavy atom. The molecule has 2 aromatic rings. The number of carbonyl (C=O) groups is 1. The molecule has 1 N–H and O–H groups in total. The Kier molecular flexibility index (Phi) is 3.97. The largest absolute Gasteiger partial charge is 0.496 e. The summed E-state index contributed by atoms with van der Waals surface area (Å²) in [4.78, 5) is 20.0. The molecule has 0 fully saturated rings. The SMILES string of the molecule is COc1ccc(C)cc1C(=O)Nc1nccc(Cl)n1. The number of anilines is 1. The predicted molar refractivity (Wildman–Crippen MR) is 72.7 cm³/mol. The number of halogens is 1. The van der Waals surface area contributed by atoms with Gasteiger partial charge in [-0.3, -0.25) is 10.1 Å². The van der Waals surface area contributed by atoms with E-state index in [4.69, 9.17) is 16.3 Å². The first-order chi connectivity index (χ1) is 9.10. The van der Waals surface area contributed by atoms with Crippen molar-refractivity contribution in [3.63, 3.8) is 0 Å². The quantitative estimate of drug-likeness (QED) is 0.876. The van der Waals surface area contributed by atoms with Crippen molar-refractivity contribution in [1.29, 1.82) is 0 Å². The van der Waals surface area contributed by atoms with Crippen LogP contribution in [-0.2, 0) is 0 Å². The van der Waals surface area contributed by atoms with Gasteiger partial charge in [0.1, 0.15) is 10.9 Å². The number of nitrogens with one attached hydrogen (secondary N) is 1. The van der Waals surface area contributed by atoms with E-state index in [1.807, 2.05) is 13.0 Å². The molecule has 98 valence electrons. The van der Waals surface area contributed by atoms with Crippen molar-refractivity contribution in [3.05, 3.63) is 46.7 Å². The van der Waals surface area contributed by atoms with E-state index < -0.39 is 0 Å². The molecule has 0 radical (unpaired) electrons. The molecular weight excluding hydrogens is 266 g/mol. The van der Waals surface area contributed by atoms with Crippen LogP contribution >= 0.6 is 11.6 Å². The highest BCUT2D eigenvalue weighted by molar-refractivity contribution is 6.29. The van der Waals surface area contributed by atoms with E-state index in [0.717, 1.165) is 5.56 Å². The lowest BCUT2D eigenvalue weighted by Gasteiger charge is -2.09. The molecule has 0 aliphatic carbocycles. The molecule has 6 heteroatoms. The van der Waals surface area contributed by atoms with E-state index in [-0.39, 0.29) is 17.0 Å². The average molecular weight is 278 g/mol. The van der Waals surface area contributed by atoms with Crippen molar-refractivity contribution >= 4 is 23.5 Å². The van der Waals surface area contributed by atoms with Crippen molar-refractivity contribution in [2.75, 3.05) is 12.4 Å². The molecule has 0 saturated carbocycles. The van der Waals surface area contributed by atoms with Crippen LogP contribution in [0, 0.1) is 6.92 Å². The fourth-order valence-electron chi connectivity index (χ4n) is 1.57. The summed E-state index contributed by atoms with van der Waals surface area (Å²) in [7, 11) is 1.51. The Labute approximate surface area is 115 Å². The van der Waals surface area contributed by atoms with E-state index in [2.05, 4.69) is 15.3 Å². The van der Waals surface area contributed by atoms with Gasteiger partial charge in [-0.05, 0) is 25.1 Å². The van der Waals surface area contributed by atoms with Gasteiger partial charge in [0.25, 0.3) is 5.91 Å². The number of ether oxygens (including phenoxy) is 1. The second-order valence-corrected chi connectivity index (χ2v) is 4.25. The van der Waals surface area contributed by atoms with Gasteiger partial charge < -0.3 is 4.74 Å². The van der Waals surface area contributed by atoms with Crippen molar-refractivity contribution in [3.8, 4) is 5.75 Å². The first-order valence-corrected chi connectivity index (χ1v) is 5.92. The first kappa shape index (κ1) is 13.3. The maximum absolute atomic E-state index is 12.1. The van der Waals surface area contributed by atoms with E-state index in [9.17, 15) is 4.79 Å². The normalized spacial score (nSPS) is 10.1. The molecule has 5 nitrogen and oxygen atoms in total. The Morgan fingerprint density at radius 3 is 2.84 bits per heavy atom. The molecule has 1 aromatic heterocycles. The Bertz CT molecular complexity index is 617. The highest BCUT2D eigenvalue weighted by Crippen LogP contribution is 2.20. The third kappa shape index (κ3) is 3.20. The van der Waals surface area contributed by atoms with Gasteiger partial charge >= 0.3 is 0 Å². The first-order valence-electron chi connectivity index (χ1n) is 5.54. The number of benzene rings is 1. The van der Waals surface area contributed by atoms with Crippen molar-refractivity contribution in [2.45, 2.75) is 6.92 Å². The number of aromatic nitrogens is 2. The number of aryl methyl sites for hydroxylation is 1. The smallest absolute Gasteiger partial charge is 0.261 e. The van der Waals surface area contributed by atoms with Crippen LogP contribution in [0.5, 0.6) is 5.75 Å². The lowest BCUT2D eigenvalue weighted by Crippen LogP contribution is -2.15. The molecule has 0 bridgehead atoms. The Hall–Kier alpha value is -2.14. The lowest BCUT2D eigenvalue weighted by atomic mass is 10.1. The van der Waals surface area contributed by atoms with Gasteiger partial charge in [0.2, 0.25) is 5.95 Å². The fraction of sp³-hybridized carbons (Fsp3) is 0.154. The minimum Gasteiger partial charge on any atom is -0.496 e. The second kappa shape index (κ2) is 5.67. The van der Waals surface area contributed by atoms with E-state index in [0.29, 0.717) is 11.3 Å². The number of rotatable bonds is 3. The van der Waals surface area contributed by atoms with Gasteiger partial charge in [0.05, 0.1) is 12.7 Å². The number of methoxy groups -OCH3 is 1. The number of hydrogen-bond acceptors (Lipinski definition) is 4. The summed E-state index contributed by atoms with van der Waals surface area (Å²) in [6.45, 7) is 1.89. The summed E-state index contributed by atoms with van der Waals surface area (Å²) >= 11 is 5.73. The number of carbonyl (C=O) groups excluding carboxylic acids is 1. The predicted octanol–water partition coefficient (Wildman–Crippen LogP) is 2.70. The molecule has 19 heavy (non-hydrogen) atoms. The van der Waals surface area contributed by atoms with Crippen LogP contribution in [0.2, 0.25) is 5.15 Å². The van der Waals surface area contributed by atoms with Gasteiger partial charge in [-0.25, -0.2) is 9.97 Å². The monoisotopic (exact) mass is 277 g/mol. The highest BCUT2D eigenvalue weighted by Gasteiger charge is 2.13. The number of hydrogen-bond donors (Lipinski definition) is 1. The summed E-state index contributed by atoms with van der Waals surface area (Å²) in [5.74, 6) is 0.300. The zero-order valence-corrected chi connectivity index (χ0v) is 11.2. The van der Waals surface area contributed by atoms with Crippen LogP contribution in [0.1, 0.15) is 15.9 Å². The molecule has 0 aliphatic rings. The van der Waals surface area contributed by atoms with E-state index in [1.165, 1.54) is 19.4 Å². The second-order valence-electron chi connectivity index (χ2n) is 3.86. The third-order valence-electron chi connectivity index (χ3n) is 2.45. The van der Waals surface area contributed by atoms with Crippen LogP contribution in [0.3, 0.4) is 0 Å². The number of nitrogens with zero attached hydrogens (tertiary/aromatic N) is 2. The van der Waals surface area contributed by atoms with Crippen LogP contribution in [0.4, 0.5) is 5.95 Å². The zero-order valence-electron chi connectivity index (χ0n) is 10.5. The molecule has 0 saturated heterocycles. The van der Waals surface area contributed by atoms with Crippen LogP contribution in [-0.4, -0.2) is 23.0 Å². The fourth-order valence-corrected chi connectivity index (χ4v) is 1.70. The molecule has 1 aromatic carbocycles. The minimum absolute atomic E-state index is 0.154. The minimum atomic E-state index is -0.345. The van der Waals surface area contributed by atoms with Crippen molar-refractivity contribution in [2.24, 2.45) is 0 Å². The maximum Gasteiger partial charge on any atom is 0.261 e. The van der Waals surface area contributed by atoms with E-state index in [1.54, 1.807) is 12.1 Å². The van der Waals surface area contributed by atoms with Crippen LogP contribution in [0.25, 0.3) is 0 Å². The van der Waals surface area contributed by atoms with Gasteiger partial charge in [-0.1, -0.05) is 23.2 Å². The molecular formula is C13H12ClN3O2. The van der Waals surface area contributed by atoms with Gasteiger partial charge in [0.15, 0.2) is 0 Å². The Balaban J connectivity index is 2.27. The lowest BCUT2D eigenvalue weighted by molar-refractivity contribution is 0.102. The molecule has 1 heterocycles. The summed E-state index contributed by atoms with van der Waals surface area (Å²) < 4.78 is 5.16. The highest BCUT2D eigenvalue weighted by atomic mass is 35.5. The maximum atomic E-state index is 12.1. The van der Waals surface area contributed by atoms with Gasteiger partial charge in [-0.2, -0.15) is 0 Å². The Morgan fingerprint density at radius 1 is 1.37 bits per heavy atom. The van der Waals surface area contributed by atoms with E-state index >= 15 is 0 Å². The summed E-state index contributed by atoms with van der Waals surface area (Å²) in [6, 6.07) is 6.87. The topological polar surface area (TPSA) is 64.1 Å². The molecule has 0 atom stereocenters. The number of amides is 1.